The summed E-state index contributed by atoms with van der Waals surface area (Å²) in [5, 5.41) is 10.4. The maximum Gasteiger partial charge on any atom is 0.184 e. The Morgan fingerprint density at radius 2 is 1.75 bits per heavy atom. The predicted molar refractivity (Wildman–Crippen MR) is 105 cm³/mol. The largest absolute Gasteiger partial charge is 0.364 e. The highest BCUT2D eigenvalue weighted by Gasteiger charge is 2.09. The number of carbonyl (C=O) groups excluding carboxylic acids is 1. The van der Waals surface area contributed by atoms with Gasteiger partial charge >= 0.3 is 0 Å². The lowest BCUT2D eigenvalue weighted by Crippen LogP contribution is -1.98. The van der Waals surface area contributed by atoms with Gasteiger partial charge in [0.2, 0.25) is 0 Å². The first kappa shape index (κ1) is 21.5. The van der Waals surface area contributed by atoms with Crippen molar-refractivity contribution < 1.29 is 18.2 Å². The minimum Gasteiger partial charge on any atom is -0.364 e. The third kappa shape index (κ3) is 7.08. The Labute approximate surface area is 164 Å². The van der Waals surface area contributed by atoms with E-state index in [-0.39, 0.29) is 11.6 Å². The van der Waals surface area contributed by atoms with Gasteiger partial charge in [-0.15, -0.1) is 0 Å². The fourth-order valence-corrected chi connectivity index (χ4v) is 2.61. The summed E-state index contributed by atoms with van der Waals surface area (Å²) in [6, 6.07) is 9.62. The summed E-state index contributed by atoms with van der Waals surface area (Å²) in [7, 11) is 3.75. The smallest absolute Gasteiger partial charge is 0.184 e. The molecule has 0 radical (unpaired) electrons. The zero-order valence-electron chi connectivity index (χ0n) is 16.3. The van der Waals surface area contributed by atoms with E-state index >= 15 is 0 Å². The molecule has 150 valence electrons. The summed E-state index contributed by atoms with van der Waals surface area (Å²) < 4.78 is 22.9. The van der Waals surface area contributed by atoms with Gasteiger partial charge in [-0.1, -0.05) is 23.2 Å². The van der Waals surface area contributed by atoms with Crippen molar-refractivity contribution in [1.29, 1.82) is 0 Å². The normalized spacial score (nSPS) is 10.4. The minimum atomic E-state index is -0.273. The number of aromatic nitrogens is 2. The highest BCUT2D eigenvalue weighted by molar-refractivity contribution is 5.93. The third-order valence-corrected chi connectivity index (χ3v) is 4.00. The van der Waals surface area contributed by atoms with Crippen molar-refractivity contribution in [2.75, 3.05) is 14.1 Å². The molecule has 0 atom stereocenters. The molecule has 0 unspecified atom stereocenters. The molecule has 0 bridgehead atoms. The van der Waals surface area contributed by atoms with E-state index in [1.165, 1.54) is 18.4 Å². The Kier molecular flexibility index (Phi) is 9.07. The molecule has 7 heteroatoms. The van der Waals surface area contributed by atoms with Gasteiger partial charge in [0, 0.05) is 24.1 Å². The molecular formula is C21H26FN3O3. The van der Waals surface area contributed by atoms with Gasteiger partial charge in [-0.2, -0.15) is 0 Å². The number of rotatable bonds is 9. The van der Waals surface area contributed by atoms with Crippen molar-refractivity contribution in [3.63, 3.8) is 0 Å². The van der Waals surface area contributed by atoms with Crippen LogP contribution in [-0.2, 0) is 6.42 Å². The van der Waals surface area contributed by atoms with Gasteiger partial charge in [-0.05, 0) is 57.6 Å². The standard InChI is InChI=1S/C19H19FN2O3.C2H7N/c20-15-9-7-14(8-10-15)19-13-16(21-25-19)5-3-1-2-4-6-18(23)17-11-12-24-22-17;1-3-2/h7-13H,1-6H2;3H,1-2H3. The average molecular weight is 387 g/mol. The van der Waals surface area contributed by atoms with Gasteiger partial charge in [0.25, 0.3) is 0 Å². The van der Waals surface area contributed by atoms with Crippen molar-refractivity contribution in [1.82, 2.24) is 15.6 Å². The van der Waals surface area contributed by atoms with Crippen LogP contribution in [0.4, 0.5) is 4.39 Å². The molecule has 1 N–H and O–H groups in total. The molecule has 3 rings (SSSR count). The van der Waals surface area contributed by atoms with Crippen LogP contribution in [0.25, 0.3) is 11.3 Å². The van der Waals surface area contributed by atoms with E-state index < -0.39 is 0 Å². The average Bonchev–Trinajstić information content (AvgIpc) is 3.38. The summed E-state index contributed by atoms with van der Waals surface area (Å²) >= 11 is 0. The third-order valence-electron chi connectivity index (χ3n) is 4.00. The zero-order valence-corrected chi connectivity index (χ0v) is 16.3. The van der Waals surface area contributed by atoms with Crippen molar-refractivity contribution in [3.8, 4) is 11.3 Å². The van der Waals surface area contributed by atoms with Crippen LogP contribution < -0.4 is 5.32 Å². The molecule has 3 aromatic rings. The van der Waals surface area contributed by atoms with Crippen molar-refractivity contribution in [2.24, 2.45) is 0 Å². The molecule has 0 aliphatic carbocycles. The molecule has 0 fully saturated rings. The first-order valence-electron chi connectivity index (χ1n) is 9.37. The second-order valence-corrected chi connectivity index (χ2v) is 6.41. The first-order valence-corrected chi connectivity index (χ1v) is 9.37. The summed E-state index contributed by atoms with van der Waals surface area (Å²) in [6.45, 7) is 0. The highest BCUT2D eigenvalue weighted by atomic mass is 19.1. The van der Waals surface area contributed by atoms with Crippen LogP contribution in [0, 0.1) is 5.82 Å². The number of ketones is 1. The Morgan fingerprint density at radius 3 is 2.43 bits per heavy atom. The van der Waals surface area contributed by atoms with Crippen LogP contribution in [0.1, 0.15) is 48.3 Å². The Morgan fingerprint density at radius 1 is 1.04 bits per heavy atom. The topological polar surface area (TPSA) is 81.2 Å². The van der Waals surface area contributed by atoms with Gasteiger partial charge in [0.05, 0.1) is 5.69 Å². The van der Waals surface area contributed by atoms with E-state index in [0.717, 1.165) is 43.4 Å². The predicted octanol–water partition coefficient (Wildman–Crippen LogP) is 4.68. The Bertz CT molecular complexity index is 814. The Hall–Kier alpha value is -2.80. The Balaban J connectivity index is 0.000000878. The van der Waals surface area contributed by atoms with Gasteiger partial charge < -0.3 is 14.4 Å². The number of nitrogens with zero attached hydrogens (tertiary/aromatic N) is 2. The lowest BCUT2D eigenvalue weighted by atomic mass is 10.1. The molecule has 0 spiro atoms. The van der Waals surface area contributed by atoms with Crippen LogP contribution in [-0.4, -0.2) is 30.2 Å². The van der Waals surface area contributed by atoms with E-state index in [2.05, 4.69) is 20.2 Å². The van der Waals surface area contributed by atoms with E-state index in [4.69, 9.17) is 4.52 Å². The number of halogens is 1. The van der Waals surface area contributed by atoms with E-state index in [1.807, 2.05) is 20.2 Å². The molecule has 1 aromatic carbocycles. The molecule has 0 aliphatic heterocycles. The maximum atomic E-state index is 12.9. The second kappa shape index (κ2) is 11.8. The number of nitrogens with one attached hydrogen (secondary N) is 1. The number of unbranched alkanes of at least 4 members (excludes halogenated alkanes) is 3. The van der Waals surface area contributed by atoms with Crippen LogP contribution in [0.2, 0.25) is 0 Å². The molecule has 0 saturated heterocycles. The van der Waals surface area contributed by atoms with Gasteiger partial charge in [-0.3, -0.25) is 4.79 Å². The van der Waals surface area contributed by atoms with Crippen molar-refractivity contribution in [3.05, 3.63) is 59.9 Å². The zero-order chi connectivity index (χ0) is 20.2. The summed E-state index contributed by atoms with van der Waals surface area (Å²) in [4.78, 5) is 11.8. The number of Topliss-reactive ketones (excluding diaryl/α,β-unsaturated/α-hetero) is 1. The first-order chi connectivity index (χ1) is 13.6. The van der Waals surface area contributed by atoms with E-state index in [1.54, 1.807) is 18.2 Å². The number of benzene rings is 1. The molecule has 0 amide bonds. The highest BCUT2D eigenvalue weighted by Crippen LogP contribution is 2.21. The van der Waals surface area contributed by atoms with Gasteiger partial charge in [0.15, 0.2) is 11.5 Å². The second-order valence-electron chi connectivity index (χ2n) is 6.41. The maximum absolute atomic E-state index is 12.9. The summed E-state index contributed by atoms with van der Waals surface area (Å²) in [5.41, 5.74) is 2.10. The quantitative estimate of drug-likeness (QED) is 0.424. The molecule has 28 heavy (non-hydrogen) atoms. The molecule has 6 nitrogen and oxygen atoms in total. The molecule has 0 aliphatic rings. The minimum absolute atomic E-state index is 0.0224. The van der Waals surface area contributed by atoms with Crippen LogP contribution >= 0.6 is 0 Å². The van der Waals surface area contributed by atoms with Crippen LogP contribution in [0.15, 0.2) is 51.7 Å². The van der Waals surface area contributed by atoms with E-state index in [9.17, 15) is 9.18 Å². The van der Waals surface area contributed by atoms with Gasteiger partial charge in [-0.25, -0.2) is 4.39 Å². The SMILES string of the molecule is CNC.O=C(CCCCCCc1cc(-c2ccc(F)cc2)on1)c1ccon1. The number of hydrogen-bond donors (Lipinski definition) is 1. The number of carbonyl (C=O) groups is 1. The molecular weight excluding hydrogens is 361 g/mol. The fourth-order valence-electron chi connectivity index (χ4n) is 2.61. The number of hydrogen-bond acceptors (Lipinski definition) is 6. The molecule has 0 saturated carbocycles. The van der Waals surface area contributed by atoms with Crippen molar-refractivity contribution in [2.45, 2.75) is 38.5 Å². The van der Waals surface area contributed by atoms with E-state index in [0.29, 0.717) is 17.9 Å². The molecule has 2 aromatic heterocycles. The van der Waals surface area contributed by atoms with Crippen LogP contribution in [0.3, 0.4) is 0 Å². The fraction of sp³-hybridized carbons (Fsp3) is 0.381. The van der Waals surface area contributed by atoms with Gasteiger partial charge in [0.1, 0.15) is 17.8 Å². The summed E-state index contributed by atoms with van der Waals surface area (Å²) in [5.74, 6) is 0.396. The monoisotopic (exact) mass is 387 g/mol. The van der Waals surface area contributed by atoms with Crippen molar-refractivity contribution >= 4 is 5.78 Å². The van der Waals surface area contributed by atoms with Crippen LogP contribution in [0.5, 0.6) is 0 Å². The summed E-state index contributed by atoms with van der Waals surface area (Å²) in [6.07, 6.45) is 6.54. The lowest BCUT2D eigenvalue weighted by molar-refractivity contribution is 0.0970. The number of aryl methyl sites for hydroxylation is 1. The lowest BCUT2D eigenvalue weighted by Gasteiger charge is -1.99. The molecule has 2 heterocycles.